The first-order valence-corrected chi connectivity index (χ1v) is 8.87. The molecule has 10 heteroatoms. The van der Waals surface area contributed by atoms with Crippen LogP contribution in [0.4, 0.5) is 4.39 Å². The number of benzene rings is 1. The van der Waals surface area contributed by atoms with Gasteiger partial charge >= 0.3 is 11.7 Å². The third-order valence-electron chi connectivity index (χ3n) is 4.23. The maximum absolute atomic E-state index is 13.0. The summed E-state index contributed by atoms with van der Waals surface area (Å²) in [6.07, 6.45) is 1.62. The van der Waals surface area contributed by atoms with Crippen molar-refractivity contribution in [1.82, 2.24) is 19.2 Å². The summed E-state index contributed by atoms with van der Waals surface area (Å²) in [6.45, 7) is 1.14. The molecule has 0 spiro atoms. The van der Waals surface area contributed by atoms with Crippen LogP contribution in [0, 0.1) is 12.7 Å². The van der Waals surface area contributed by atoms with Crippen molar-refractivity contribution in [2.45, 2.75) is 20.1 Å². The molecule has 3 heterocycles. The molecule has 0 bridgehead atoms. The number of aryl methyl sites for hydroxylation is 1. The Morgan fingerprint density at radius 1 is 1.17 bits per heavy atom. The van der Waals surface area contributed by atoms with Crippen molar-refractivity contribution in [3.8, 4) is 11.5 Å². The number of fused-ring (bicyclic) bond motifs is 1. The number of esters is 1. The first-order valence-electron chi connectivity index (χ1n) is 8.87. The van der Waals surface area contributed by atoms with E-state index < -0.39 is 24.1 Å². The number of aromatic nitrogens is 4. The zero-order chi connectivity index (χ0) is 21.3. The molecule has 0 aliphatic carbocycles. The van der Waals surface area contributed by atoms with Gasteiger partial charge in [-0.1, -0.05) is 0 Å². The Morgan fingerprint density at radius 2 is 1.93 bits per heavy atom. The van der Waals surface area contributed by atoms with Gasteiger partial charge in [-0.15, -0.1) is 5.10 Å². The van der Waals surface area contributed by atoms with E-state index in [0.29, 0.717) is 11.2 Å². The molecule has 0 aliphatic rings. The van der Waals surface area contributed by atoms with Gasteiger partial charge in [0.1, 0.15) is 24.6 Å². The Morgan fingerprint density at radius 3 is 2.70 bits per heavy atom. The van der Waals surface area contributed by atoms with Crippen LogP contribution in [-0.4, -0.2) is 25.1 Å². The van der Waals surface area contributed by atoms with Crippen molar-refractivity contribution in [1.29, 1.82) is 0 Å². The molecule has 9 nitrogen and oxygen atoms in total. The summed E-state index contributed by atoms with van der Waals surface area (Å²) in [4.78, 5) is 40.5. The van der Waals surface area contributed by atoms with E-state index >= 15 is 0 Å². The highest BCUT2D eigenvalue weighted by atomic mass is 19.1. The van der Waals surface area contributed by atoms with Crippen LogP contribution in [0.3, 0.4) is 0 Å². The molecule has 0 amide bonds. The Labute approximate surface area is 168 Å². The van der Waals surface area contributed by atoms with Crippen LogP contribution in [0.5, 0.6) is 0 Å². The lowest BCUT2D eigenvalue weighted by atomic mass is 10.2. The highest BCUT2D eigenvalue weighted by Gasteiger charge is 2.15. The zero-order valence-electron chi connectivity index (χ0n) is 15.7. The minimum atomic E-state index is -0.858. The third-order valence-corrected chi connectivity index (χ3v) is 4.23. The van der Waals surface area contributed by atoms with Gasteiger partial charge in [-0.05, 0) is 48.9 Å². The number of carbonyl (C=O) groups excluding carboxylic acids is 1. The second kappa shape index (κ2) is 7.74. The molecule has 0 saturated heterocycles. The molecule has 4 aromatic rings. The molecule has 3 aromatic heterocycles. The third kappa shape index (κ3) is 4.02. The molecule has 0 N–H and O–H groups in total. The minimum absolute atomic E-state index is 0.0487. The lowest BCUT2D eigenvalue weighted by molar-refractivity contribution is -0.146. The van der Waals surface area contributed by atoms with E-state index in [1.165, 1.54) is 34.7 Å². The van der Waals surface area contributed by atoms with Gasteiger partial charge in [0.15, 0.2) is 0 Å². The average molecular weight is 410 g/mol. The molecule has 0 fully saturated rings. The van der Waals surface area contributed by atoms with Gasteiger partial charge < -0.3 is 9.15 Å². The van der Waals surface area contributed by atoms with Crippen molar-refractivity contribution in [3.05, 3.63) is 86.6 Å². The van der Waals surface area contributed by atoms with E-state index in [-0.39, 0.29) is 23.8 Å². The first-order chi connectivity index (χ1) is 14.4. The van der Waals surface area contributed by atoms with E-state index in [0.717, 1.165) is 10.2 Å². The van der Waals surface area contributed by atoms with Gasteiger partial charge in [0, 0.05) is 17.8 Å². The summed E-state index contributed by atoms with van der Waals surface area (Å²) < 4.78 is 25.3. The number of pyridine rings is 1. The average Bonchev–Trinajstić information content (AvgIpc) is 3.07. The number of ether oxygens (including phenoxy) is 1. The van der Waals surface area contributed by atoms with Crippen LogP contribution in [-0.2, 0) is 22.7 Å². The predicted octanol–water partition coefficient (Wildman–Crippen LogP) is 1.70. The van der Waals surface area contributed by atoms with Gasteiger partial charge in [0.2, 0.25) is 5.89 Å². The quantitative estimate of drug-likeness (QED) is 0.461. The number of nitrogens with zero attached hydrogens (tertiary/aromatic N) is 4. The molecular formula is C20H15FN4O5. The van der Waals surface area contributed by atoms with Crippen molar-refractivity contribution < 1.29 is 18.3 Å². The van der Waals surface area contributed by atoms with E-state index in [1.54, 1.807) is 18.3 Å². The Hall–Kier alpha value is -4.08. The number of rotatable bonds is 5. The Balaban J connectivity index is 1.45. The zero-order valence-corrected chi connectivity index (χ0v) is 15.7. The number of carbonyl (C=O) groups is 1. The number of hydrogen-bond donors (Lipinski definition) is 0. The summed E-state index contributed by atoms with van der Waals surface area (Å²) in [6, 6.07) is 9.98. The maximum atomic E-state index is 13.0. The van der Waals surface area contributed by atoms with Gasteiger partial charge in [0.05, 0.1) is 5.69 Å². The monoisotopic (exact) mass is 410 g/mol. The summed E-state index contributed by atoms with van der Waals surface area (Å²) in [5.74, 6) is -2.11. The largest absolute Gasteiger partial charge is 0.458 e. The van der Waals surface area contributed by atoms with Crippen LogP contribution in [0.2, 0.25) is 0 Å². The maximum Gasteiger partial charge on any atom is 0.437 e. The van der Waals surface area contributed by atoms with Crippen molar-refractivity contribution in [3.63, 3.8) is 0 Å². The summed E-state index contributed by atoms with van der Waals surface area (Å²) in [5.41, 5.74) is 1.72. The number of halogens is 1. The van der Waals surface area contributed by atoms with E-state index in [4.69, 9.17) is 9.15 Å². The molecule has 0 radical (unpaired) electrons. The van der Waals surface area contributed by atoms with Gasteiger partial charge in [0.25, 0.3) is 5.56 Å². The minimum Gasteiger partial charge on any atom is -0.458 e. The fourth-order valence-electron chi connectivity index (χ4n) is 2.77. The molecule has 30 heavy (non-hydrogen) atoms. The lowest BCUT2D eigenvalue weighted by Crippen LogP contribution is -2.23. The van der Waals surface area contributed by atoms with Crippen LogP contribution in [0.25, 0.3) is 17.1 Å². The fraction of sp³-hybridized carbons (Fsp3) is 0.150. The predicted molar refractivity (Wildman–Crippen MR) is 102 cm³/mol. The van der Waals surface area contributed by atoms with Crippen molar-refractivity contribution >= 4 is 11.6 Å². The summed E-state index contributed by atoms with van der Waals surface area (Å²) in [7, 11) is 0. The topological polar surface area (TPSA) is 109 Å². The highest BCUT2D eigenvalue weighted by Crippen LogP contribution is 2.15. The molecule has 152 valence electrons. The summed E-state index contributed by atoms with van der Waals surface area (Å²) in [5, 5.41) is 3.91. The molecule has 0 atom stereocenters. The SMILES string of the molecule is Cc1ccn2c(=O)cc(COC(=O)Cn3nc(-c4ccc(F)cc4)oc3=O)nc2c1. The number of hydrogen-bond acceptors (Lipinski definition) is 7. The van der Waals surface area contributed by atoms with Crippen LogP contribution < -0.4 is 11.3 Å². The van der Waals surface area contributed by atoms with E-state index in [2.05, 4.69) is 10.1 Å². The standard InChI is InChI=1S/C20H15FN4O5/c1-12-6-7-24-16(8-12)22-15(9-17(24)26)11-29-18(27)10-25-20(28)30-19(23-25)13-2-4-14(21)5-3-13/h2-9H,10-11H2,1H3. The second-order valence-corrected chi connectivity index (χ2v) is 6.52. The van der Waals surface area contributed by atoms with E-state index in [1.807, 2.05) is 6.92 Å². The lowest BCUT2D eigenvalue weighted by Gasteiger charge is -2.06. The molecule has 0 aliphatic heterocycles. The molecule has 0 unspecified atom stereocenters. The van der Waals surface area contributed by atoms with Crippen molar-refractivity contribution in [2.24, 2.45) is 0 Å². The second-order valence-electron chi connectivity index (χ2n) is 6.52. The normalized spacial score (nSPS) is 11.0. The Kier molecular flexibility index (Phi) is 4.97. The molecule has 0 saturated carbocycles. The van der Waals surface area contributed by atoms with Gasteiger partial charge in [-0.3, -0.25) is 14.0 Å². The molecular weight excluding hydrogens is 395 g/mol. The van der Waals surface area contributed by atoms with Gasteiger partial charge in [-0.2, -0.15) is 4.68 Å². The van der Waals surface area contributed by atoms with Crippen LogP contribution in [0.15, 0.2) is 62.7 Å². The Bertz CT molecular complexity index is 1350. The fourth-order valence-corrected chi connectivity index (χ4v) is 2.77. The highest BCUT2D eigenvalue weighted by molar-refractivity contribution is 5.69. The molecule has 1 aromatic carbocycles. The smallest absolute Gasteiger partial charge is 0.437 e. The van der Waals surface area contributed by atoms with Crippen LogP contribution in [0.1, 0.15) is 11.3 Å². The van der Waals surface area contributed by atoms with E-state index in [9.17, 15) is 18.8 Å². The van der Waals surface area contributed by atoms with Crippen LogP contribution >= 0.6 is 0 Å². The first kappa shape index (κ1) is 19.2. The summed E-state index contributed by atoms with van der Waals surface area (Å²) >= 11 is 0. The molecule has 4 rings (SSSR count). The van der Waals surface area contributed by atoms with Gasteiger partial charge in [-0.25, -0.2) is 14.2 Å². The van der Waals surface area contributed by atoms with Crippen molar-refractivity contribution in [2.75, 3.05) is 0 Å².